The Kier molecular flexibility index (Phi) is 7.31. The first-order valence-electron chi connectivity index (χ1n) is 12.0. The zero-order valence-corrected chi connectivity index (χ0v) is 20.8. The summed E-state index contributed by atoms with van der Waals surface area (Å²) in [5.74, 6) is -1.21. The zero-order chi connectivity index (χ0) is 28.0. The van der Waals surface area contributed by atoms with Crippen molar-refractivity contribution in [2.24, 2.45) is 16.7 Å². The molecular weight excluding hydrogens is 514 g/mol. The summed E-state index contributed by atoms with van der Waals surface area (Å²) in [6, 6.07) is 11.0. The Morgan fingerprint density at radius 3 is 2.03 bits per heavy atom. The molecule has 1 fully saturated rings. The van der Waals surface area contributed by atoms with Gasteiger partial charge >= 0.3 is 12.4 Å². The molecule has 2 aliphatic rings. The number of alkyl halides is 6. The minimum absolute atomic E-state index is 0.0878. The van der Waals surface area contributed by atoms with Crippen LogP contribution in [0, 0.1) is 16.7 Å². The van der Waals surface area contributed by atoms with Crippen LogP contribution >= 0.6 is 0 Å². The molecule has 0 aromatic heterocycles. The molecule has 0 spiro atoms. The lowest BCUT2D eigenvalue weighted by atomic mass is 9.62. The second kappa shape index (κ2) is 9.81. The van der Waals surface area contributed by atoms with Gasteiger partial charge in [-0.05, 0) is 31.0 Å². The Morgan fingerprint density at radius 1 is 0.868 bits per heavy atom. The predicted octanol–water partition coefficient (Wildman–Crippen LogP) is 6.36. The first-order chi connectivity index (χ1) is 17.7. The molecule has 38 heavy (non-hydrogen) atoms. The van der Waals surface area contributed by atoms with Gasteiger partial charge in [0.1, 0.15) is 0 Å². The van der Waals surface area contributed by atoms with Crippen molar-refractivity contribution in [3.8, 4) is 0 Å². The molecule has 0 amide bonds. The number of fused-ring (bicyclic) bond motifs is 1. The maximum atomic E-state index is 13.6. The van der Waals surface area contributed by atoms with Crippen LogP contribution in [0.5, 0.6) is 0 Å². The lowest BCUT2D eigenvalue weighted by Crippen LogP contribution is -2.54. The third-order valence-electron chi connectivity index (χ3n) is 8.20. The Labute approximate surface area is 216 Å². The van der Waals surface area contributed by atoms with Crippen molar-refractivity contribution >= 4 is 5.78 Å². The Bertz CT molecular complexity index is 1180. The summed E-state index contributed by atoms with van der Waals surface area (Å²) in [5, 5.41) is 11.7. The van der Waals surface area contributed by atoms with Crippen LogP contribution in [0.25, 0.3) is 0 Å². The first-order valence-corrected chi connectivity index (χ1v) is 12.0. The third-order valence-corrected chi connectivity index (χ3v) is 8.20. The number of carbonyl (C=O) groups is 1. The van der Waals surface area contributed by atoms with Crippen LogP contribution in [-0.2, 0) is 39.8 Å². The molecule has 0 unspecified atom stereocenters. The molecule has 10 heteroatoms. The SMILES string of the molecule is C[C@]1(COCc2c(C(F)(F)F)cccc2C(F)(F)F)[C@@]2(O)CC=C[C@H]2C(=O)[C@@]1(C)COCc1ccccc1. The largest absolute Gasteiger partial charge is 0.416 e. The number of carbonyl (C=O) groups excluding carboxylic acids is 1. The zero-order valence-electron chi connectivity index (χ0n) is 20.8. The molecule has 206 valence electrons. The van der Waals surface area contributed by atoms with Gasteiger partial charge in [0.2, 0.25) is 0 Å². The van der Waals surface area contributed by atoms with E-state index >= 15 is 0 Å². The molecule has 2 aliphatic carbocycles. The second-order valence-electron chi connectivity index (χ2n) is 10.4. The number of benzene rings is 2. The number of ether oxygens (including phenoxy) is 2. The third kappa shape index (κ3) is 4.67. The van der Waals surface area contributed by atoms with E-state index in [0.717, 1.165) is 5.56 Å². The maximum absolute atomic E-state index is 13.6. The van der Waals surface area contributed by atoms with E-state index in [-0.39, 0.29) is 25.4 Å². The van der Waals surface area contributed by atoms with Crippen molar-refractivity contribution in [3.05, 3.63) is 82.9 Å². The Hall–Kier alpha value is -2.69. The molecule has 2 aromatic rings. The Morgan fingerprint density at radius 2 is 1.45 bits per heavy atom. The second-order valence-corrected chi connectivity index (χ2v) is 10.4. The average molecular weight is 543 g/mol. The number of aliphatic hydroxyl groups is 1. The fourth-order valence-corrected chi connectivity index (χ4v) is 5.73. The summed E-state index contributed by atoms with van der Waals surface area (Å²) in [6.07, 6.45) is -6.75. The van der Waals surface area contributed by atoms with Crippen molar-refractivity contribution in [3.63, 3.8) is 0 Å². The number of hydrogen-bond donors (Lipinski definition) is 1. The molecule has 0 aliphatic heterocycles. The number of hydrogen-bond acceptors (Lipinski definition) is 4. The highest BCUT2D eigenvalue weighted by Gasteiger charge is 2.72. The van der Waals surface area contributed by atoms with Crippen LogP contribution in [0.2, 0.25) is 0 Å². The highest BCUT2D eigenvalue weighted by molar-refractivity contribution is 5.94. The van der Waals surface area contributed by atoms with Crippen LogP contribution in [0.15, 0.2) is 60.7 Å². The molecule has 0 bridgehead atoms. The van der Waals surface area contributed by atoms with Crippen LogP contribution in [0.4, 0.5) is 26.3 Å². The van der Waals surface area contributed by atoms with E-state index in [1.54, 1.807) is 26.0 Å². The van der Waals surface area contributed by atoms with Gasteiger partial charge in [0, 0.05) is 11.0 Å². The standard InChI is InChI=1S/C28H28F6O4/c1-24(16-37-14-18-8-4-3-5-9-18)23(35)22-12-7-13-26(22,36)25(24,2)17-38-15-19-20(27(29,30)31)10-6-11-21(19)28(32,33)34/h3-12,22,36H,13-17H2,1-2H3/t22-,24+,25+,26+/m0/s1. The number of ketones is 1. The minimum Gasteiger partial charge on any atom is -0.388 e. The lowest BCUT2D eigenvalue weighted by Gasteiger charge is -2.46. The summed E-state index contributed by atoms with van der Waals surface area (Å²) in [4.78, 5) is 13.5. The smallest absolute Gasteiger partial charge is 0.388 e. The van der Waals surface area contributed by atoms with Crippen molar-refractivity contribution in [2.45, 2.75) is 51.4 Å². The van der Waals surface area contributed by atoms with Gasteiger partial charge < -0.3 is 14.6 Å². The molecule has 4 atom stereocenters. The van der Waals surface area contributed by atoms with Gasteiger partial charge in [0.25, 0.3) is 0 Å². The monoisotopic (exact) mass is 542 g/mol. The van der Waals surface area contributed by atoms with Gasteiger partial charge in [0.05, 0.1) is 54.5 Å². The van der Waals surface area contributed by atoms with Gasteiger partial charge in [0.15, 0.2) is 5.78 Å². The van der Waals surface area contributed by atoms with Crippen molar-refractivity contribution in [1.82, 2.24) is 0 Å². The van der Waals surface area contributed by atoms with Crippen molar-refractivity contribution in [2.75, 3.05) is 13.2 Å². The van der Waals surface area contributed by atoms with E-state index in [9.17, 15) is 36.2 Å². The molecule has 0 saturated heterocycles. The maximum Gasteiger partial charge on any atom is 0.416 e. The highest BCUT2D eigenvalue weighted by atomic mass is 19.4. The molecule has 4 nitrogen and oxygen atoms in total. The molecule has 0 heterocycles. The minimum atomic E-state index is -5.04. The molecule has 2 aromatic carbocycles. The van der Waals surface area contributed by atoms with Crippen LogP contribution < -0.4 is 0 Å². The summed E-state index contributed by atoms with van der Waals surface area (Å²) in [6.45, 7) is 1.74. The normalized spacial score (nSPS) is 29.2. The predicted molar refractivity (Wildman–Crippen MR) is 126 cm³/mol. The van der Waals surface area contributed by atoms with E-state index in [4.69, 9.17) is 9.47 Å². The van der Waals surface area contributed by atoms with Gasteiger partial charge in [-0.3, -0.25) is 4.79 Å². The molecule has 1 N–H and O–H groups in total. The van der Waals surface area contributed by atoms with Gasteiger partial charge in [-0.2, -0.15) is 26.3 Å². The van der Waals surface area contributed by atoms with Gasteiger partial charge in [-0.1, -0.05) is 55.5 Å². The topological polar surface area (TPSA) is 55.8 Å². The van der Waals surface area contributed by atoms with Crippen LogP contribution in [0.1, 0.15) is 42.5 Å². The van der Waals surface area contributed by atoms with E-state index < -0.39 is 64.6 Å². The molecular formula is C28H28F6O4. The van der Waals surface area contributed by atoms with Crippen molar-refractivity contribution in [1.29, 1.82) is 0 Å². The summed E-state index contributed by atoms with van der Waals surface area (Å²) >= 11 is 0. The van der Waals surface area contributed by atoms with Crippen LogP contribution in [0.3, 0.4) is 0 Å². The fraction of sp³-hybridized carbons (Fsp3) is 0.464. The summed E-state index contributed by atoms with van der Waals surface area (Å²) in [7, 11) is 0. The fourth-order valence-electron chi connectivity index (χ4n) is 5.73. The highest BCUT2D eigenvalue weighted by Crippen LogP contribution is 2.62. The number of rotatable bonds is 8. The van der Waals surface area contributed by atoms with E-state index in [1.807, 2.05) is 30.3 Å². The molecule has 1 saturated carbocycles. The number of Topliss-reactive ketones (excluding diaryl/α,β-unsaturated/α-hetero) is 1. The average Bonchev–Trinajstić information content (AvgIpc) is 3.29. The lowest BCUT2D eigenvalue weighted by molar-refractivity contribution is -0.162. The van der Waals surface area contributed by atoms with E-state index in [0.29, 0.717) is 18.2 Å². The summed E-state index contributed by atoms with van der Waals surface area (Å²) in [5.41, 5.74) is -7.44. The quantitative estimate of drug-likeness (QED) is 0.312. The first kappa shape index (κ1) is 28.3. The van der Waals surface area contributed by atoms with Gasteiger partial charge in [-0.25, -0.2) is 0 Å². The van der Waals surface area contributed by atoms with E-state index in [1.165, 1.54) is 0 Å². The Balaban J connectivity index is 1.61. The van der Waals surface area contributed by atoms with Gasteiger partial charge in [-0.15, -0.1) is 0 Å². The number of halogens is 6. The van der Waals surface area contributed by atoms with Crippen LogP contribution in [-0.4, -0.2) is 29.7 Å². The summed E-state index contributed by atoms with van der Waals surface area (Å²) < 4.78 is 92.9. The van der Waals surface area contributed by atoms with Crippen molar-refractivity contribution < 1.29 is 45.7 Å². The van der Waals surface area contributed by atoms with E-state index in [2.05, 4.69) is 0 Å². The molecule has 4 rings (SSSR count). The molecule has 0 radical (unpaired) electrons.